The summed E-state index contributed by atoms with van der Waals surface area (Å²) in [6.45, 7) is 6.85. The number of carbonyl (C=O) groups excluding carboxylic acids is 1. The topological polar surface area (TPSA) is 133 Å². The molecule has 2 fully saturated rings. The summed E-state index contributed by atoms with van der Waals surface area (Å²) in [4.78, 5) is 43.4. The molecule has 5 atom stereocenters. The third-order valence-electron chi connectivity index (χ3n) is 7.37. The van der Waals surface area contributed by atoms with Crippen molar-refractivity contribution in [3.8, 4) is 0 Å². The van der Waals surface area contributed by atoms with Gasteiger partial charge in [0.1, 0.15) is 30.8 Å². The molecule has 4 heterocycles. The van der Waals surface area contributed by atoms with E-state index in [1.807, 2.05) is 74.5 Å². The van der Waals surface area contributed by atoms with Gasteiger partial charge in [-0.1, -0.05) is 60.7 Å². The molecule has 0 aliphatic carbocycles. The second kappa shape index (κ2) is 11.8. The van der Waals surface area contributed by atoms with Gasteiger partial charge in [-0.25, -0.2) is 4.98 Å². The number of benzene rings is 2. The van der Waals surface area contributed by atoms with Gasteiger partial charge in [0.25, 0.3) is 5.56 Å². The normalized spacial score (nSPS) is 23.7. The van der Waals surface area contributed by atoms with Gasteiger partial charge in [-0.15, -0.1) is 0 Å². The van der Waals surface area contributed by atoms with Gasteiger partial charge >= 0.3 is 5.97 Å². The van der Waals surface area contributed by atoms with Crippen molar-refractivity contribution in [2.24, 2.45) is 4.99 Å². The zero-order chi connectivity index (χ0) is 29.2. The minimum atomic E-state index is -0.753. The molecule has 218 valence electrons. The number of aliphatic imine (C=N–C) groups is 1. The minimum Gasteiger partial charge on any atom is -0.463 e. The van der Waals surface area contributed by atoms with Crippen molar-refractivity contribution in [1.29, 1.82) is 0 Å². The molecule has 4 aromatic rings. The van der Waals surface area contributed by atoms with Crippen molar-refractivity contribution in [3.63, 3.8) is 0 Å². The fourth-order valence-electron chi connectivity index (χ4n) is 5.34. The van der Waals surface area contributed by atoms with Crippen LogP contribution >= 0.6 is 0 Å². The zero-order valence-corrected chi connectivity index (χ0v) is 23.5. The molecule has 12 nitrogen and oxygen atoms in total. The summed E-state index contributed by atoms with van der Waals surface area (Å²) in [7, 11) is 0. The lowest BCUT2D eigenvalue weighted by molar-refractivity contribution is -0.165. The zero-order valence-electron chi connectivity index (χ0n) is 23.5. The molecule has 0 bridgehead atoms. The number of fused-ring (bicyclic) bond motifs is 2. The van der Waals surface area contributed by atoms with E-state index in [9.17, 15) is 9.59 Å². The third kappa shape index (κ3) is 5.31. The van der Waals surface area contributed by atoms with Crippen molar-refractivity contribution < 1.29 is 23.7 Å². The van der Waals surface area contributed by atoms with Crippen LogP contribution in [-0.2, 0) is 23.7 Å². The van der Waals surface area contributed by atoms with Crippen LogP contribution in [0.4, 0.5) is 5.95 Å². The quantitative estimate of drug-likeness (QED) is 0.191. The summed E-state index contributed by atoms with van der Waals surface area (Å²) in [6.07, 6.45) is -1.63. The molecule has 0 saturated carbocycles. The van der Waals surface area contributed by atoms with Gasteiger partial charge in [0.2, 0.25) is 5.95 Å². The number of aromatic amines is 1. The number of amidine groups is 1. The molecule has 2 aliphatic heterocycles. The van der Waals surface area contributed by atoms with Crippen molar-refractivity contribution in [2.75, 3.05) is 19.7 Å². The summed E-state index contributed by atoms with van der Waals surface area (Å²) in [5, 5.41) is 0. The SMILES string of the molecule is CCN(CC)/C(=N\c1nc2c(ncn2[C@@H]2O[C@H](COC(C)=O)[C@H]3OC(c4ccccc4)O[C@H]32)c(=O)[nH]1)c1ccccc1. The van der Waals surface area contributed by atoms with E-state index in [1.54, 1.807) is 4.57 Å². The van der Waals surface area contributed by atoms with Crippen LogP contribution in [0.15, 0.2) is 76.8 Å². The highest BCUT2D eigenvalue weighted by atomic mass is 16.8. The predicted molar refractivity (Wildman–Crippen MR) is 153 cm³/mol. The van der Waals surface area contributed by atoms with Crippen LogP contribution in [0, 0.1) is 0 Å². The van der Waals surface area contributed by atoms with Gasteiger partial charge in [-0.2, -0.15) is 9.98 Å². The van der Waals surface area contributed by atoms with Crippen LogP contribution in [0.3, 0.4) is 0 Å². The van der Waals surface area contributed by atoms with E-state index in [0.29, 0.717) is 5.84 Å². The van der Waals surface area contributed by atoms with E-state index < -0.39 is 42.4 Å². The summed E-state index contributed by atoms with van der Waals surface area (Å²) in [5.41, 5.74) is 1.74. The fourth-order valence-corrected chi connectivity index (χ4v) is 5.34. The van der Waals surface area contributed by atoms with Crippen molar-refractivity contribution in [1.82, 2.24) is 24.4 Å². The molecule has 2 saturated heterocycles. The van der Waals surface area contributed by atoms with Gasteiger partial charge < -0.3 is 23.8 Å². The van der Waals surface area contributed by atoms with E-state index in [0.717, 1.165) is 24.2 Å². The van der Waals surface area contributed by atoms with Crippen molar-refractivity contribution in [3.05, 3.63) is 88.5 Å². The molecular weight excluding hydrogens is 540 g/mol. The Bertz CT molecular complexity index is 1630. The lowest BCUT2D eigenvalue weighted by atomic mass is 10.1. The summed E-state index contributed by atoms with van der Waals surface area (Å²) in [6, 6.07) is 19.3. The monoisotopic (exact) mass is 572 g/mol. The summed E-state index contributed by atoms with van der Waals surface area (Å²) >= 11 is 0. The number of H-pyrrole nitrogens is 1. The molecule has 2 aromatic carbocycles. The van der Waals surface area contributed by atoms with Gasteiger partial charge in [0.05, 0.1) is 6.33 Å². The molecule has 1 unspecified atom stereocenters. The Labute approximate surface area is 241 Å². The molecule has 0 radical (unpaired) electrons. The molecule has 12 heteroatoms. The Kier molecular flexibility index (Phi) is 7.83. The van der Waals surface area contributed by atoms with E-state index in [2.05, 4.69) is 14.9 Å². The van der Waals surface area contributed by atoms with Gasteiger partial charge in [-0.05, 0) is 13.8 Å². The Balaban J connectivity index is 1.39. The number of imidazole rings is 1. The average Bonchev–Trinajstić information content (AvgIpc) is 3.71. The molecule has 6 rings (SSSR count). The molecule has 42 heavy (non-hydrogen) atoms. The maximum atomic E-state index is 13.2. The first-order valence-corrected chi connectivity index (χ1v) is 14.0. The highest BCUT2D eigenvalue weighted by Gasteiger charge is 2.54. The third-order valence-corrected chi connectivity index (χ3v) is 7.37. The standard InChI is InChI=1S/C30H32N6O6/c1-4-35(5-2)25(19-12-8-6-9-13-19)32-30-33-26-22(27(38)34-30)31-17-36(26)28-24-23(21(40-28)16-39-18(3)37)41-29(42-24)20-14-10-7-11-15-20/h6-15,17,21,23-24,28-29H,4-5,16H2,1-3H3,(H,33,34,38)/b32-25-/t21-,23-,24-,28-,29?/m1/s1. The van der Waals surface area contributed by atoms with Gasteiger partial charge in [0, 0.05) is 31.1 Å². The second-order valence-corrected chi connectivity index (χ2v) is 10.00. The largest absolute Gasteiger partial charge is 0.463 e. The Morgan fingerprint density at radius 2 is 1.71 bits per heavy atom. The average molecular weight is 573 g/mol. The van der Waals surface area contributed by atoms with Crippen molar-refractivity contribution >= 4 is 28.9 Å². The number of nitrogens with one attached hydrogen (secondary N) is 1. The smallest absolute Gasteiger partial charge is 0.302 e. The van der Waals surface area contributed by atoms with Gasteiger partial charge in [0.15, 0.2) is 23.7 Å². The molecule has 0 spiro atoms. The number of esters is 1. The highest BCUT2D eigenvalue weighted by molar-refractivity contribution is 6.00. The first-order chi connectivity index (χ1) is 20.5. The van der Waals surface area contributed by atoms with Crippen LogP contribution < -0.4 is 5.56 Å². The molecule has 2 aromatic heterocycles. The lowest BCUT2D eigenvalue weighted by Gasteiger charge is -2.23. The number of nitrogens with zero attached hydrogens (tertiary/aromatic N) is 5. The number of ether oxygens (including phenoxy) is 4. The second-order valence-electron chi connectivity index (χ2n) is 10.00. The molecule has 1 N–H and O–H groups in total. The first-order valence-electron chi connectivity index (χ1n) is 14.0. The van der Waals surface area contributed by atoms with Crippen LogP contribution in [-0.4, -0.2) is 74.2 Å². The Hall–Kier alpha value is -4.39. The molecule has 0 amide bonds. The Morgan fingerprint density at radius 3 is 2.40 bits per heavy atom. The van der Waals surface area contributed by atoms with Crippen LogP contribution in [0.1, 0.15) is 44.4 Å². The fraction of sp³-hybridized carbons (Fsp3) is 0.367. The van der Waals surface area contributed by atoms with Gasteiger partial charge in [-0.3, -0.25) is 19.1 Å². The first kappa shape index (κ1) is 27.8. The highest BCUT2D eigenvalue weighted by Crippen LogP contribution is 2.44. The van der Waals surface area contributed by atoms with E-state index in [4.69, 9.17) is 28.9 Å². The van der Waals surface area contributed by atoms with E-state index in [-0.39, 0.29) is 23.7 Å². The molecular formula is C30H32N6O6. The van der Waals surface area contributed by atoms with Crippen LogP contribution in [0.25, 0.3) is 11.2 Å². The number of rotatable bonds is 8. The van der Waals surface area contributed by atoms with E-state index in [1.165, 1.54) is 13.3 Å². The van der Waals surface area contributed by atoms with Crippen LogP contribution in [0.2, 0.25) is 0 Å². The Morgan fingerprint density at radius 1 is 1.02 bits per heavy atom. The maximum Gasteiger partial charge on any atom is 0.302 e. The predicted octanol–water partition coefficient (Wildman–Crippen LogP) is 3.48. The summed E-state index contributed by atoms with van der Waals surface area (Å²) < 4.78 is 25.9. The number of hydrogen-bond acceptors (Lipinski definition) is 9. The van der Waals surface area contributed by atoms with E-state index >= 15 is 0 Å². The number of hydrogen-bond donors (Lipinski definition) is 1. The maximum absolute atomic E-state index is 13.2. The minimum absolute atomic E-state index is 0.0155. The van der Waals surface area contributed by atoms with Crippen LogP contribution in [0.5, 0.6) is 0 Å². The van der Waals surface area contributed by atoms with Crippen molar-refractivity contribution in [2.45, 2.75) is 51.6 Å². The number of carbonyl (C=O) groups is 1. The molecule has 2 aliphatic rings. The lowest BCUT2D eigenvalue weighted by Crippen LogP contribution is -2.32. The number of aromatic nitrogens is 4. The summed E-state index contributed by atoms with van der Waals surface area (Å²) in [5.74, 6) is 0.395.